The summed E-state index contributed by atoms with van der Waals surface area (Å²) in [6.07, 6.45) is 1.60. The van der Waals surface area contributed by atoms with E-state index in [2.05, 4.69) is 0 Å². The standard InChI is InChI=1S/C15H16N2O2/c1-11-6-4-5-7-13(11)17(3)15(19)12-8-9-16(2)14(18)10-12/h4-10H,1-3H3. The Labute approximate surface area is 111 Å². The van der Waals surface area contributed by atoms with E-state index in [0.29, 0.717) is 5.56 Å². The highest BCUT2D eigenvalue weighted by Gasteiger charge is 2.15. The van der Waals surface area contributed by atoms with Gasteiger partial charge in [-0.2, -0.15) is 0 Å². The number of amides is 1. The molecular formula is C15H16N2O2. The lowest BCUT2D eigenvalue weighted by molar-refractivity contribution is 0.0992. The van der Waals surface area contributed by atoms with Crippen molar-refractivity contribution >= 4 is 11.6 Å². The van der Waals surface area contributed by atoms with Crippen LogP contribution in [0.3, 0.4) is 0 Å². The number of nitrogens with zero attached hydrogens (tertiary/aromatic N) is 2. The molecule has 0 aliphatic rings. The van der Waals surface area contributed by atoms with E-state index >= 15 is 0 Å². The molecule has 2 aromatic rings. The summed E-state index contributed by atoms with van der Waals surface area (Å²) in [5.74, 6) is -0.188. The average Bonchev–Trinajstić information content (AvgIpc) is 2.41. The summed E-state index contributed by atoms with van der Waals surface area (Å²) in [7, 11) is 3.36. The molecule has 0 atom stereocenters. The number of carbonyl (C=O) groups excluding carboxylic acids is 1. The van der Waals surface area contributed by atoms with E-state index < -0.39 is 0 Å². The molecule has 0 bridgehead atoms. The normalized spacial score (nSPS) is 10.3. The fourth-order valence-corrected chi connectivity index (χ4v) is 1.92. The van der Waals surface area contributed by atoms with Crippen molar-refractivity contribution in [1.29, 1.82) is 0 Å². The highest BCUT2D eigenvalue weighted by Crippen LogP contribution is 2.19. The minimum atomic E-state index is -0.191. The Kier molecular flexibility index (Phi) is 3.51. The van der Waals surface area contributed by atoms with Crippen molar-refractivity contribution in [3.8, 4) is 0 Å². The number of aryl methyl sites for hydroxylation is 2. The topological polar surface area (TPSA) is 42.3 Å². The highest BCUT2D eigenvalue weighted by atomic mass is 16.2. The summed E-state index contributed by atoms with van der Waals surface area (Å²) in [4.78, 5) is 25.5. The van der Waals surface area contributed by atoms with Crippen LogP contribution in [-0.4, -0.2) is 17.5 Å². The summed E-state index contributed by atoms with van der Waals surface area (Å²) in [6.45, 7) is 1.95. The fraction of sp³-hybridized carbons (Fsp3) is 0.200. The molecule has 4 nitrogen and oxygen atoms in total. The number of anilines is 1. The summed E-state index contributed by atoms with van der Waals surface area (Å²) in [5.41, 5.74) is 2.06. The van der Waals surface area contributed by atoms with Gasteiger partial charge in [0, 0.05) is 37.6 Å². The van der Waals surface area contributed by atoms with Crippen molar-refractivity contribution in [3.05, 3.63) is 64.1 Å². The van der Waals surface area contributed by atoms with E-state index in [0.717, 1.165) is 11.3 Å². The van der Waals surface area contributed by atoms with Crippen molar-refractivity contribution in [2.75, 3.05) is 11.9 Å². The first-order valence-electron chi connectivity index (χ1n) is 6.01. The van der Waals surface area contributed by atoms with Crippen molar-refractivity contribution in [1.82, 2.24) is 4.57 Å². The minimum absolute atomic E-state index is 0.188. The maximum Gasteiger partial charge on any atom is 0.258 e. The zero-order chi connectivity index (χ0) is 14.0. The van der Waals surface area contributed by atoms with Crippen LogP contribution in [0, 0.1) is 6.92 Å². The lowest BCUT2D eigenvalue weighted by Crippen LogP contribution is -2.28. The molecule has 0 aliphatic carbocycles. The number of carbonyl (C=O) groups is 1. The maximum absolute atomic E-state index is 12.3. The van der Waals surface area contributed by atoms with Gasteiger partial charge in [-0.25, -0.2) is 0 Å². The van der Waals surface area contributed by atoms with Gasteiger partial charge >= 0.3 is 0 Å². The van der Waals surface area contributed by atoms with Gasteiger partial charge in [-0.05, 0) is 24.6 Å². The molecule has 0 spiro atoms. The van der Waals surface area contributed by atoms with Crippen LogP contribution in [0.25, 0.3) is 0 Å². The monoisotopic (exact) mass is 256 g/mol. The van der Waals surface area contributed by atoms with Crippen molar-refractivity contribution < 1.29 is 4.79 Å². The summed E-state index contributed by atoms with van der Waals surface area (Å²) >= 11 is 0. The molecule has 1 amide bonds. The van der Waals surface area contributed by atoms with Gasteiger partial charge in [-0.3, -0.25) is 9.59 Å². The molecule has 0 N–H and O–H groups in total. The second-order valence-corrected chi connectivity index (χ2v) is 4.52. The van der Waals surface area contributed by atoms with Crippen molar-refractivity contribution in [2.45, 2.75) is 6.92 Å². The molecule has 0 radical (unpaired) electrons. The van der Waals surface area contributed by atoms with E-state index in [9.17, 15) is 9.59 Å². The number of aromatic nitrogens is 1. The zero-order valence-corrected chi connectivity index (χ0v) is 11.3. The number of hydrogen-bond acceptors (Lipinski definition) is 2. The Bertz CT molecular complexity index is 674. The van der Waals surface area contributed by atoms with Crippen LogP contribution >= 0.6 is 0 Å². The first-order chi connectivity index (χ1) is 9.00. The van der Waals surface area contributed by atoms with Crippen LogP contribution in [0.5, 0.6) is 0 Å². The Balaban J connectivity index is 2.36. The molecule has 0 unspecified atom stereocenters. The van der Waals surface area contributed by atoms with Gasteiger partial charge in [0.15, 0.2) is 0 Å². The van der Waals surface area contributed by atoms with Gasteiger partial charge in [0.25, 0.3) is 11.5 Å². The number of benzene rings is 1. The van der Waals surface area contributed by atoms with Crippen LogP contribution in [0.1, 0.15) is 15.9 Å². The Morgan fingerprint density at radius 2 is 1.89 bits per heavy atom. The number of hydrogen-bond donors (Lipinski definition) is 0. The van der Waals surface area contributed by atoms with Gasteiger partial charge in [0.1, 0.15) is 0 Å². The third-order valence-corrected chi connectivity index (χ3v) is 3.13. The summed E-state index contributed by atoms with van der Waals surface area (Å²) < 4.78 is 1.44. The predicted molar refractivity (Wildman–Crippen MR) is 75.6 cm³/mol. The number of pyridine rings is 1. The van der Waals surface area contributed by atoms with E-state index in [4.69, 9.17) is 0 Å². The molecule has 4 heteroatoms. The van der Waals surface area contributed by atoms with Gasteiger partial charge in [0.05, 0.1) is 0 Å². The van der Waals surface area contributed by atoms with Crippen LogP contribution in [0.4, 0.5) is 5.69 Å². The third kappa shape index (κ3) is 2.57. The number of para-hydroxylation sites is 1. The van der Waals surface area contributed by atoms with Gasteiger partial charge in [0.2, 0.25) is 0 Å². The Hall–Kier alpha value is -2.36. The molecule has 1 heterocycles. The molecule has 2 rings (SSSR count). The first kappa shape index (κ1) is 13.1. The Morgan fingerprint density at radius 1 is 1.21 bits per heavy atom. The molecule has 0 fully saturated rings. The summed E-state index contributed by atoms with van der Waals surface area (Å²) in [5, 5.41) is 0. The van der Waals surface area contributed by atoms with Gasteiger partial charge in [-0.1, -0.05) is 18.2 Å². The highest BCUT2D eigenvalue weighted by molar-refractivity contribution is 6.05. The molecule has 1 aromatic carbocycles. The lowest BCUT2D eigenvalue weighted by Gasteiger charge is -2.19. The van der Waals surface area contributed by atoms with Crippen molar-refractivity contribution in [2.24, 2.45) is 7.05 Å². The fourth-order valence-electron chi connectivity index (χ4n) is 1.92. The molecule has 0 aliphatic heterocycles. The quantitative estimate of drug-likeness (QED) is 0.824. The SMILES string of the molecule is Cc1ccccc1N(C)C(=O)c1ccn(C)c(=O)c1. The van der Waals surface area contributed by atoms with E-state index in [1.54, 1.807) is 31.3 Å². The van der Waals surface area contributed by atoms with Gasteiger partial charge < -0.3 is 9.47 Å². The molecule has 19 heavy (non-hydrogen) atoms. The second kappa shape index (κ2) is 5.10. The number of rotatable bonds is 2. The third-order valence-electron chi connectivity index (χ3n) is 3.13. The predicted octanol–water partition coefficient (Wildman–Crippen LogP) is 1.97. The van der Waals surface area contributed by atoms with Crippen LogP contribution in [0.15, 0.2) is 47.4 Å². The van der Waals surface area contributed by atoms with Crippen molar-refractivity contribution in [3.63, 3.8) is 0 Å². The summed E-state index contributed by atoms with van der Waals surface area (Å²) in [6, 6.07) is 10.7. The maximum atomic E-state index is 12.3. The molecule has 0 saturated carbocycles. The Morgan fingerprint density at radius 3 is 2.53 bits per heavy atom. The average molecular weight is 256 g/mol. The molecule has 1 aromatic heterocycles. The smallest absolute Gasteiger partial charge is 0.258 e. The molecule has 0 saturated heterocycles. The van der Waals surface area contributed by atoms with Gasteiger partial charge in [-0.15, -0.1) is 0 Å². The largest absolute Gasteiger partial charge is 0.319 e. The second-order valence-electron chi connectivity index (χ2n) is 4.52. The zero-order valence-electron chi connectivity index (χ0n) is 11.3. The molecule has 98 valence electrons. The van der Waals surface area contributed by atoms with Crippen LogP contribution in [-0.2, 0) is 7.05 Å². The first-order valence-corrected chi connectivity index (χ1v) is 6.01. The molecular weight excluding hydrogens is 240 g/mol. The van der Waals surface area contributed by atoms with Crippen LogP contribution < -0.4 is 10.5 Å². The lowest BCUT2D eigenvalue weighted by atomic mass is 10.1. The van der Waals surface area contributed by atoms with E-state index in [-0.39, 0.29) is 11.5 Å². The minimum Gasteiger partial charge on any atom is -0.319 e. The van der Waals surface area contributed by atoms with Crippen LogP contribution in [0.2, 0.25) is 0 Å². The van der Waals surface area contributed by atoms with E-state index in [1.165, 1.54) is 10.6 Å². The van der Waals surface area contributed by atoms with E-state index in [1.807, 2.05) is 31.2 Å².